The molecule has 0 aromatic carbocycles. The van der Waals surface area contributed by atoms with Crippen LogP contribution in [0.1, 0.15) is 25.7 Å². The monoisotopic (exact) mass is 242 g/mol. The van der Waals surface area contributed by atoms with Crippen molar-refractivity contribution in [2.75, 3.05) is 6.54 Å². The average Bonchev–Trinajstić information content (AvgIpc) is 2.90. The molecule has 2 aliphatic rings. The molecule has 4 N–H and O–H groups in total. The van der Waals surface area contributed by atoms with E-state index in [1.54, 1.807) is 0 Å². The van der Waals surface area contributed by atoms with Crippen LogP contribution in [-0.2, 0) is 9.59 Å². The number of aliphatic carboxylic acids is 1. The average molecular weight is 242 g/mol. The summed E-state index contributed by atoms with van der Waals surface area (Å²) in [6.07, 6.45) is 1.72. The first kappa shape index (κ1) is 12.3. The fourth-order valence-electron chi connectivity index (χ4n) is 2.70. The van der Waals surface area contributed by atoms with E-state index in [4.69, 9.17) is 10.2 Å². The lowest BCUT2D eigenvalue weighted by molar-refractivity contribution is -0.147. The molecule has 0 aliphatic carbocycles. The molecule has 2 saturated heterocycles. The molecule has 1 amide bonds. The van der Waals surface area contributed by atoms with Gasteiger partial charge in [0.25, 0.3) is 0 Å². The highest BCUT2D eigenvalue weighted by molar-refractivity contribution is 5.80. The van der Waals surface area contributed by atoms with Crippen molar-refractivity contribution < 1.29 is 19.8 Å². The number of aliphatic hydroxyl groups excluding tert-OH is 1. The van der Waals surface area contributed by atoms with E-state index in [0.29, 0.717) is 6.04 Å². The van der Waals surface area contributed by atoms with Crippen molar-refractivity contribution in [2.45, 2.75) is 43.9 Å². The second kappa shape index (κ2) is 5.01. The van der Waals surface area contributed by atoms with Gasteiger partial charge in [0.05, 0.1) is 5.92 Å². The lowest BCUT2D eigenvalue weighted by Crippen LogP contribution is -2.39. The molecular weight excluding hydrogens is 224 g/mol. The van der Waals surface area contributed by atoms with E-state index >= 15 is 0 Å². The van der Waals surface area contributed by atoms with Gasteiger partial charge in [-0.25, -0.2) is 4.79 Å². The Bertz CT molecular complexity index is 321. The summed E-state index contributed by atoms with van der Waals surface area (Å²) >= 11 is 0. The smallest absolute Gasteiger partial charge is 0.332 e. The summed E-state index contributed by atoms with van der Waals surface area (Å²) in [5.74, 6) is -1.26. The van der Waals surface area contributed by atoms with Gasteiger partial charge in [-0.2, -0.15) is 0 Å². The first-order chi connectivity index (χ1) is 8.08. The van der Waals surface area contributed by atoms with Crippen LogP contribution in [0, 0.1) is 5.92 Å². The standard InChI is InChI=1S/C11H18N2O4/c14-9(11(16)17)3-4-12-10(15)7-5-6-1-2-8(7)13-6/h6-9,13-14H,1-5H2,(H,12,15)(H,16,17). The highest BCUT2D eigenvalue weighted by Gasteiger charge is 2.42. The van der Waals surface area contributed by atoms with Crippen molar-refractivity contribution in [1.29, 1.82) is 0 Å². The second-order valence-corrected chi connectivity index (χ2v) is 4.82. The summed E-state index contributed by atoms with van der Waals surface area (Å²) in [5.41, 5.74) is 0. The molecule has 6 nitrogen and oxygen atoms in total. The van der Waals surface area contributed by atoms with Gasteiger partial charge in [0.2, 0.25) is 5.91 Å². The molecule has 0 aromatic rings. The van der Waals surface area contributed by atoms with E-state index in [1.807, 2.05) is 0 Å². The zero-order chi connectivity index (χ0) is 12.4. The van der Waals surface area contributed by atoms with Crippen LogP contribution in [0.2, 0.25) is 0 Å². The maximum atomic E-state index is 11.8. The highest BCUT2D eigenvalue weighted by Crippen LogP contribution is 2.33. The molecule has 2 aliphatic heterocycles. The van der Waals surface area contributed by atoms with E-state index in [2.05, 4.69) is 10.6 Å². The van der Waals surface area contributed by atoms with Gasteiger partial charge in [-0.05, 0) is 19.3 Å². The van der Waals surface area contributed by atoms with Crippen LogP contribution in [0.25, 0.3) is 0 Å². The van der Waals surface area contributed by atoms with Crippen LogP contribution in [0.4, 0.5) is 0 Å². The van der Waals surface area contributed by atoms with Gasteiger partial charge in [-0.1, -0.05) is 0 Å². The Hall–Kier alpha value is -1.14. The maximum Gasteiger partial charge on any atom is 0.332 e. The molecule has 2 fully saturated rings. The molecule has 0 spiro atoms. The number of aliphatic hydroxyl groups is 1. The van der Waals surface area contributed by atoms with E-state index in [0.717, 1.165) is 19.3 Å². The molecule has 0 saturated carbocycles. The first-order valence-electron chi connectivity index (χ1n) is 6.02. The molecule has 0 aromatic heterocycles. The first-order valence-corrected chi connectivity index (χ1v) is 6.02. The minimum Gasteiger partial charge on any atom is -0.479 e. The summed E-state index contributed by atoms with van der Waals surface area (Å²) in [5, 5.41) is 23.6. The Morgan fingerprint density at radius 1 is 1.41 bits per heavy atom. The molecule has 6 heteroatoms. The predicted molar refractivity (Wildman–Crippen MR) is 59.3 cm³/mol. The fourth-order valence-corrected chi connectivity index (χ4v) is 2.70. The van der Waals surface area contributed by atoms with Crippen LogP contribution in [0.15, 0.2) is 0 Å². The summed E-state index contributed by atoms with van der Waals surface area (Å²) in [6.45, 7) is 0.209. The normalized spacial score (nSPS) is 32.4. The molecule has 96 valence electrons. The van der Waals surface area contributed by atoms with Crippen molar-refractivity contribution in [1.82, 2.24) is 10.6 Å². The van der Waals surface area contributed by atoms with Gasteiger partial charge in [-0.3, -0.25) is 4.79 Å². The van der Waals surface area contributed by atoms with Crippen molar-refractivity contribution in [2.24, 2.45) is 5.92 Å². The SMILES string of the molecule is O=C(O)C(O)CCNC(=O)C1CC2CCC1N2. The van der Waals surface area contributed by atoms with Crippen LogP contribution in [0.5, 0.6) is 0 Å². The van der Waals surface area contributed by atoms with Gasteiger partial charge < -0.3 is 20.8 Å². The molecular formula is C11H18N2O4. The number of hydrogen-bond acceptors (Lipinski definition) is 4. The van der Waals surface area contributed by atoms with E-state index < -0.39 is 12.1 Å². The largest absolute Gasteiger partial charge is 0.479 e. The predicted octanol–water partition coefficient (Wildman–Crippen LogP) is -0.921. The van der Waals surface area contributed by atoms with Crippen molar-refractivity contribution in [3.8, 4) is 0 Å². The Kier molecular flexibility index (Phi) is 3.63. The Morgan fingerprint density at radius 2 is 2.18 bits per heavy atom. The number of carbonyl (C=O) groups excluding carboxylic acids is 1. The summed E-state index contributed by atoms with van der Waals surface area (Å²) < 4.78 is 0. The lowest BCUT2D eigenvalue weighted by atomic mass is 9.88. The van der Waals surface area contributed by atoms with E-state index in [9.17, 15) is 9.59 Å². The third-order valence-electron chi connectivity index (χ3n) is 3.64. The molecule has 2 heterocycles. The number of carbonyl (C=O) groups is 2. The number of carboxylic acids is 1. The maximum absolute atomic E-state index is 11.8. The number of carboxylic acid groups (broad SMARTS) is 1. The number of hydrogen-bond donors (Lipinski definition) is 4. The number of nitrogens with one attached hydrogen (secondary N) is 2. The minimum atomic E-state index is -1.39. The van der Waals surface area contributed by atoms with Crippen molar-refractivity contribution in [3.63, 3.8) is 0 Å². The van der Waals surface area contributed by atoms with Gasteiger partial charge in [0, 0.05) is 25.0 Å². The molecule has 4 unspecified atom stereocenters. The van der Waals surface area contributed by atoms with Crippen molar-refractivity contribution >= 4 is 11.9 Å². The van der Waals surface area contributed by atoms with Crippen LogP contribution in [0.3, 0.4) is 0 Å². The Labute approximate surface area is 99.4 Å². The number of fused-ring (bicyclic) bond motifs is 2. The minimum absolute atomic E-state index is 0.00993. The number of rotatable bonds is 5. The summed E-state index contributed by atoms with van der Waals surface area (Å²) in [6, 6.07) is 0.754. The van der Waals surface area contributed by atoms with Gasteiger partial charge in [0.1, 0.15) is 0 Å². The molecule has 17 heavy (non-hydrogen) atoms. The highest BCUT2D eigenvalue weighted by atomic mass is 16.4. The van der Waals surface area contributed by atoms with Gasteiger partial charge in [0.15, 0.2) is 6.10 Å². The Morgan fingerprint density at radius 3 is 2.71 bits per heavy atom. The topological polar surface area (TPSA) is 98.7 Å². The molecule has 2 bridgehead atoms. The molecule has 4 atom stereocenters. The zero-order valence-corrected chi connectivity index (χ0v) is 9.56. The second-order valence-electron chi connectivity index (χ2n) is 4.82. The third-order valence-corrected chi connectivity index (χ3v) is 3.64. The lowest BCUT2D eigenvalue weighted by Gasteiger charge is -2.19. The van der Waals surface area contributed by atoms with Crippen LogP contribution >= 0.6 is 0 Å². The number of amides is 1. The van der Waals surface area contributed by atoms with Crippen LogP contribution < -0.4 is 10.6 Å². The Balaban J connectivity index is 1.69. The summed E-state index contributed by atoms with van der Waals surface area (Å²) in [4.78, 5) is 22.2. The fraction of sp³-hybridized carbons (Fsp3) is 0.818. The van der Waals surface area contributed by atoms with Gasteiger partial charge >= 0.3 is 5.97 Å². The quantitative estimate of drug-likeness (QED) is 0.500. The van der Waals surface area contributed by atoms with Gasteiger partial charge in [-0.15, -0.1) is 0 Å². The zero-order valence-electron chi connectivity index (χ0n) is 9.56. The van der Waals surface area contributed by atoms with Crippen LogP contribution in [-0.4, -0.2) is 46.8 Å². The molecule has 2 rings (SSSR count). The summed E-state index contributed by atoms with van der Waals surface area (Å²) in [7, 11) is 0. The van der Waals surface area contributed by atoms with Crippen molar-refractivity contribution in [3.05, 3.63) is 0 Å². The van der Waals surface area contributed by atoms with E-state index in [1.165, 1.54) is 0 Å². The molecule has 0 radical (unpaired) electrons. The third kappa shape index (κ3) is 2.76. The van der Waals surface area contributed by atoms with E-state index in [-0.39, 0.29) is 30.8 Å².